The Morgan fingerprint density at radius 3 is 2.53 bits per heavy atom. The van der Waals surface area contributed by atoms with Crippen molar-refractivity contribution in [1.29, 1.82) is 0 Å². The van der Waals surface area contributed by atoms with Crippen LogP contribution in [-0.4, -0.2) is 84.1 Å². The van der Waals surface area contributed by atoms with Gasteiger partial charge in [0.05, 0.1) is 11.7 Å². The number of rotatable bonds is 5. The number of ether oxygens (including phenoxy) is 2. The number of carbonyl (C=O) groups excluding carboxylic acids is 1. The zero-order valence-electron chi connectivity index (χ0n) is 18.0. The third kappa shape index (κ3) is 6.66. The number of alkyl halides is 3. The third-order valence-electron chi connectivity index (χ3n) is 5.95. The predicted molar refractivity (Wildman–Crippen MR) is 111 cm³/mol. The second-order valence-electron chi connectivity index (χ2n) is 8.52. The minimum Gasteiger partial charge on any atom is -0.475 e. The van der Waals surface area contributed by atoms with Crippen LogP contribution >= 0.6 is 11.3 Å². The first-order valence-electron chi connectivity index (χ1n) is 10.7. The monoisotopic (exact) mass is 478 g/mol. The molecule has 180 valence electrons. The average molecular weight is 479 g/mol. The Hall–Kier alpha value is -1.69. The summed E-state index contributed by atoms with van der Waals surface area (Å²) in [6.07, 6.45) is -0.845. The van der Waals surface area contributed by atoms with Crippen LogP contribution in [0.25, 0.3) is 0 Å². The second kappa shape index (κ2) is 10.5. The van der Waals surface area contributed by atoms with Gasteiger partial charge in [-0.1, -0.05) is 0 Å². The van der Waals surface area contributed by atoms with Crippen molar-refractivity contribution < 1.29 is 37.3 Å². The van der Waals surface area contributed by atoms with Gasteiger partial charge in [-0.2, -0.15) is 13.2 Å². The van der Waals surface area contributed by atoms with Crippen LogP contribution in [0, 0.1) is 6.92 Å². The predicted octanol–water partition coefficient (Wildman–Crippen LogP) is 3.06. The molecule has 0 saturated carbocycles. The first-order valence-corrected chi connectivity index (χ1v) is 11.5. The number of likely N-dealkylation sites (tertiary alicyclic amines) is 2. The summed E-state index contributed by atoms with van der Waals surface area (Å²) in [4.78, 5) is 26.9. The van der Waals surface area contributed by atoms with Gasteiger partial charge in [-0.25, -0.2) is 4.79 Å². The number of hydrogen-bond acceptors (Lipinski definition) is 6. The highest BCUT2D eigenvalue weighted by atomic mass is 32.1. The fraction of sp³-hybridized carbons (Fsp3) is 0.714. The van der Waals surface area contributed by atoms with E-state index < -0.39 is 12.1 Å². The number of carboxylic acids is 1. The molecular weight excluding hydrogens is 449 g/mol. The van der Waals surface area contributed by atoms with Crippen LogP contribution in [0.4, 0.5) is 13.2 Å². The summed E-state index contributed by atoms with van der Waals surface area (Å²) in [5.74, 6) is -2.60. The van der Waals surface area contributed by atoms with Gasteiger partial charge in [0.1, 0.15) is 6.61 Å². The molecule has 3 aliphatic rings. The van der Waals surface area contributed by atoms with Crippen molar-refractivity contribution in [3.63, 3.8) is 0 Å². The summed E-state index contributed by atoms with van der Waals surface area (Å²) in [7, 11) is 0. The van der Waals surface area contributed by atoms with Crippen molar-refractivity contribution in [1.82, 2.24) is 9.80 Å². The Bertz CT molecular complexity index is 789. The van der Waals surface area contributed by atoms with E-state index in [2.05, 4.69) is 23.3 Å². The maximum atomic E-state index is 12.2. The third-order valence-corrected chi connectivity index (χ3v) is 6.96. The summed E-state index contributed by atoms with van der Waals surface area (Å²) >= 11 is 1.84. The molecule has 0 radical (unpaired) electrons. The second-order valence-corrected chi connectivity index (χ2v) is 9.52. The number of halogens is 3. The quantitative estimate of drug-likeness (QED) is 0.701. The molecule has 3 saturated heterocycles. The van der Waals surface area contributed by atoms with Crippen LogP contribution < -0.4 is 0 Å². The van der Waals surface area contributed by atoms with Crippen LogP contribution in [0.2, 0.25) is 0 Å². The number of carbonyl (C=O) groups is 2. The van der Waals surface area contributed by atoms with E-state index in [9.17, 15) is 18.0 Å². The zero-order chi connectivity index (χ0) is 23.4. The Morgan fingerprint density at radius 2 is 1.97 bits per heavy atom. The average Bonchev–Trinajstić information content (AvgIpc) is 3.37. The lowest BCUT2D eigenvalue weighted by atomic mass is 9.84. The molecule has 0 aliphatic carbocycles. The normalized spacial score (nSPS) is 22.9. The SMILES string of the molecule is Cc1ccsc1CN1CC2(CC(OCC(=O)N3CCCC3)CCO2)C1.O=C(O)C(F)(F)F. The lowest BCUT2D eigenvalue weighted by Crippen LogP contribution is -2.65. The molecule has 11 heteroatoms. The number of aliphatic carboxylic acids is 1. The maximum Gasteiger partial charge on any atom is 0.490 e. The highest BCUT2D eigenvalue weighted by molar-refractivity contribution is 7.10. The molecule has 1 amide bonds. The molecule has 1 spiro atoms. The number of nitrogens with zero attached hydrogens (tertiary/aromatic N) is 2. The maximum absolute atomic E-state index is 12.2. The van der Waals surface area contributed by atoms with Crippen molar-refractivity contribution in [2.75, 3.05) is 39.4 Å². The van der Waals surface area contributed by atoms with E-state index in [1.54, 1.807) is 0 Å². The zero-order valence-corrected chi connectivity index (χ0v) is 18.8. The molecule has 32 heavy (non-hydrogen) atoms. The van der Waals surface area contributed by atoms with E-state index in [0.717, 1.165) is 65.0 Å². The Balaban J connectivity index is 0.000000360. The van der Waals surface area contributed by atoms with Crippen LogP contribution in [0.5, 0.6) is 0 Å². The van der Waals surface area contributed by atoms with Crippen LogP contribution in [0.1, 0.15) is 36.1 Å². The van der Waals surface area contributed by atoms with Crippen molar-refractivity contribution in [2.24, 2.45) is 0 Å². The highest BCUT2D eigenvalue weighted by Crippen LogP contribution is 2.36. The smallest absolute Gasteiger partial charge is 0.475 e. The summed E-state index contributed by atoms with van der Waals surface area (Å²) in [6.45, 7) is 7.93. The molecule has 1 aromatic rings. The van der Waals surface area contributed by atoms with Gasteiger partial charge < -0.3 is 19.5 Å². The largest absolute Gasteiger partial charge is 0.490 e. The molecule has 0 aromatic carbocycles. The van der Waals surface area contributed by atoms with Crippen molar-refractivity contribution in [2.45, 2.75) is 57.0 Å². The van der Waals surface area contributed by atoms with Crippen LogP contribution in [0.15, 0.2) is 11.4 Å². The van der Waals surface area contributed by atoms with Crippen LogP contribution in [0.3, 0.4) is 0 Å². The van der Waals surface area contributed by atoms with E-state index in [1.807, 2.05) is 16.2 Å². The Labute approximate surface area is 189 Å². The number of hydrogen-bond donors (Lipinski definition) is 1. The summed E-state index contributed by atoms with van der Waals surface area (Å²) in [6, 6.07) is 2.19. The van der Waals surface area contributed by atoms with E-state index in [1.165, 1.54) is 10.4 Å². The number of aryl methyl sites for hydroxylation is 1. The molecule has 4 rings (SSSR count). The lowest BCUT2D eigenvalue weighted by molar-refractivity contribution is -0.200. The van der Waals surface area contributed by atoms with Gasteiger partial charge >= 0.3 is 12.1 Å². The van der Waals surface area contributed by atoms with E-state index in [4.69, 9.17) is 19.4 Å². The molecule has 1 atom stereocenters. The van der Waals surface area contributed by atoms with Crippen molar-refractivity contribution >= 4 is 23.2 Å². The molecule has 1 aromatic heterocycles. The molecule has 7 nitrogen and oxygen atoms in total. The summed E-state index contributed by atoms with van der Waals surface area (Å²) in [5, 5.41) is 9.29. The lowest BCUT2D eigenvalue weighted by Gasteiger charge is -2.53. The Morgan fingerprint density at radius 1 is 1.31 bits per heavy atom. The highest BCUT2D eigenvalue weighted by Gasteiger charge is 2.47. The van der Waals surface area contributed by atoms with Gasteiger partial charge in [-0.15, -0.1) is 11.3 Å². The van der Waals surface area contributed by atoms with Gasteiger partial charge in [0.15, 0.2) is 0 Å². The molecule has 1 unspecified atom stereocenters. The van der Waals surface area contributed by atoms with Crippen molar-refractivity contribution in [3.05, 3.63) is 21.9 Å². The molecule has 4 heterocycles. The summed E-state index contributed by atoms with van der Waals surface area (Å²) in [5.41, 5.74) is 1.34. The van der Waals surface area contributed by atoms with Gasteiger partial charge in [-0.05, 0) is 43.2 Å². The topological polar surface area (TPSA) is 79.3 Å². The molecule has 3 fully saturated rings. The minimum absolute atomic E-state index is 0.0508. The van der Waals surface area contributed by atoms with Crippen LogP contribution in [-0.2, 0) is 25.6 Å². The summed E-state index contributed by atoms with van der Waals surface area (Å²) < 4.78 is 43.8. The van der Waals surface area contributed by atoms with Gasteiger partial charge in [-0.3, -0.25) is 9.69 Å². The van der Waals surface area contributed by atoms with E-state index in [0.29, 0.717) is 0 Å². The standard InChI is InChI=1S/C19H28N2O3S.C2HF3O2/c1-15-5-9-25-17(15)11-20-13-19(14-20)10-16(4-8-24-19)23-12-18(22)21-6-2-3-7-21;3-2(4,5)1(6)7/h5,9,16H,2-4,6-8,10-14H2,1H3;(H,6,7). The van der Waals surface area contributed by atoms with Gasteiger partial charge in [0.25, 0.3) is 0 Å². The van der Waals surface area contributed by atoms with Gasteiger partial charge in [0.2, 0.25) is 5.91 Å². The molecule has 1 N–H and O–H groups in total. The molecular formula is C21H29F3N2O5S. The molecule has 3 aliphatic heterocycles. The number of thiophene rings is 1. The van der Waals surface area contributed by atoms with E-state index >= 15 is 0 Å². The van der Waals surface area contributed by atoms with Gasteiger partial charge in [0, 0.05) is 50.6 Å². The fourth-order valence-corrected chi connectivity index (χ4v) is 5.19. The number of carboxylic acid groups (broad SMARTS) is 1. The minimum atomic E-state index is -5.08. The molecule has 0 bridgehead atoms. The first-order chi connectivity index (χ1) is 15.1. The Kier molecular flexibility index (Phi) is 8.18. The van der Waals surface area contributed by atoms with Crippen molar-refractivity contribution in [3.8, 4) is 0 Å². The van der Waals surface area contributed by atoms with E-state index in [-0.39, 0.29) is 24.2 Å². The number of amides is 1. The first kappa shape index (κ1) is 24.9. The fourth-order valence-electron chi connectivity index (χ4n) is 4.24.